The summed E-state index contributed by atoms with van der Waals surface area (Å²) < 4.78 is 10.4. The molecule has 2 aromatic carbocycles. The molecule has 0 aliphatic rings. The molecule has 112 valence electrons. The average molecular weight is 304 g/mol. The van der Waals surface area contributed by atoms with Crippen LogP contribution in [0.5, 0.6) is 0 Å². The highest BCUT2D eigenvalue weighted by molar-refractivity contribution is 5.89. The number of benzene rings is 2. The summed E-state index contributed by atoms with van der Waals surface area (Å²) in [5, 5.41) is 12.7. The van der Waals surface area contributed by atoms with E-state index in [9.17, 15) is 4.79 Å². The largest absolute Gasteiger partial charge is 0.455 e. The Bertz CT molecular complexity index is 863. The number of aromatic nitrogens is 1. The van der Waals surface area contributed by atoms with E-state index in [2.05, 4.69) is 5.16 Å². The van der Waals surface area contributed by atoms with Crippen molar-refractivity contribution in [2.75, 3.05) is 0 Å². The number of nitrogens with zero attached hydrogens (tertiary/aromatic N) is 2. The van der Waals surface area contributed by atoms with E-state index in [-0.39, 0.29) is 6.61 Å². The first-order valence-corrected chi connectivity index (χ1v) is 6.94. The Morgan fingerprint density at radius 3 is 2.74 bits per heavy atom. The summed E-state index contributed by atoms with van der Waals surface area (Å²) >= 11 is 0. The number of carbonyl (C=O) groups is 1. The second-order valence-electron chi connectivity index (χ2n) is 4.82. The summed E-state index contributed by atoms with van der Waals surface area (Å²) in [4.78, 5) is 12.0. The van der Waals surface area contributed by atoms with Gasteiger partial charge in [0.05, 0.1) is 17.2 Å². The Labute approximate surface area is 132 Å². The molecule has 1 heterocycles. The highest BCUT2D eigenvalue weighted by Crippen LogP contribution is 2.20. The molecule has 0 fully saturated rings. The molecule has 0 spiro atoms. The van der Waals surface area contributed by atoms with Gasteiger partial charge in [0, 0.05) is 11.6 Å². The predicted octanol–water partition coefficient (Wildman–Crippen LogP) is 3.57. The maximum Gasteiger partial charge on any atom is 0.338 e. The number of esters is 1. The van der Waals surface area contributed by atoms with Crippen molar-refractivity contribution >= 4 is 5.97 Å². The molecule has 0 aliphatic heterocycles. The third-order valence-corrected chi connectivity index (χ3v) is 3.20. The summed E-state index contributed by atoms with van der Waals surface area (Å²) in [6.07, 6.45) is 0. The minimum atomic E-state index is -0.508. The maximum atomic E-state index is 12.0. The third kappa shape index (κ3) is 3.44. The first-order valence-electron chi connectivity index (χ1n) is 6.94. The van der Waals surface area contributed by atoms with Gasteiger partial charge < -0.3 is 9.26 Å². The van der Waals surface area contributed by atoms with Crippen LogP contribution in [0.2, 0.25) is 0 Å². The van der Waals surface area contributed by atoms with E-state index >= 15 is 0 Å². The van der Waals surface area contributed by atoms with Crippen LogP contribution < -0.4 is 0 Å². The number of rotatable bonds is 4. The fourth-order valence-corrected chi connectivity index (χ4v) is 2.06. The van der Waals surface area contributed by atoms with Crippen molar-refractivity contribution in [2.45, 2.75) is 6.61 Å². The Hall–Kier alpha value is -3.39. The molecule has 0 N–H and O–H groups in total. The fraction of sp³-hybridized carbons (Fsp3) is 0.0556. The van der Waals surface area contributed by atoms with Crippen LogP contribution in [-0.2, 0) is 11.3 Å². The minimum Gasteiger partial charge on any atom is -0.455 e. The van der Waals surface area contributed by atoms with E-state index in [4.69, 9.17) is 14.5 Å². The van der Waals surface area contributed by atoms with Crippen LogP contribution >= 0.6 is 0 Å². The van der Waals surface area contributed by atoms with Crippen molar-refractivity contribution in [1.82, 2.24) is 5.16 Å². The van der Waals surface area contributed by atoms with Crippen molar-refractivity contribution < 1.29 is 14.1 Å². The van der Waals surface area contributed by atoms with E-state index < -0.39 is 5.97 Å². The first kappa shape index (κ1) is 14.5. The Balaban J connectivity index is 1.66. The molecule has 0 unspecified atom stereocenters. The SMILES string of the molecule is N#Cc1cccc(C(=O)OCc2cc(-c3ccccc3)on2)c1. The smallest absolute Gasteiger partial charge is 0.338 e. The zero-order valence-corrected chi connectivity index (χ0v) is 12.1. The normalized spacial score (nSPS) is 10.0. The molecule has 1 aromatic heterocycles. The number of hydrogen-bond acceptors (Lipinski definition) is 5. The zero-order valence-electron chi connectivity index (χ0n) is 12.1. The van der Waals surface area contributed by atoms with E-state index in [1.807, 2.05) is 36.4 Å². The molecule has 5 heteroatoms. The predicted molar refractivity (Wildman–Crippen MR) is 82.2 cm³/mol. The van der Waals surface area contributed by atoms with Gasteiger partial charge in [-0.25, -0.2) is 4.79 Å². The van der Waals surface area contributed by atoms with Crippen molar-refractivity contribution in [2.24, 2.45) is 0 Å². The van der Waals surface area contributed by atoms with Gasteiger partial charge in [0.15, 0.2) is 5.76 Å². The Morgan fingerprint density at radius 1 is 1.13 bits per heavy atom. The molecule has 0 radical (unpaired) electrons. The van der Waals surface area contributed by atoms with Gasteiger partial charge in [-0.3, -0.25) is 0 Å². The summed E-state index contributed by atoms with van der Waals surface area (Å²) in [7, 11) is 0. The number of nitriles is 1. The highest BCUT2D eigenvalue weighted by atomic mass is 16.5. The van der Waals surface area contributed by atoms with Gasteiger partial charge in [0.2, 0.25) is 0 Å². The van der Waals surface area contributed by atoms with Gasteiger partial charge in [-0.05, 0) is 18.2 Å². The quantitative estimate of drug-likeness (QED) is 0.689. The molecular formula is C18H12N2O3. The molecular weight excluding hydrogens is 292 g/mol. The lowest BCUT2D eigenvalue weighted by atomic mass is 10.1. The van der Waals surface area contributed by atoms with Gasteiger partial charge in [-0.2, -0.15) is 5.26 Å². The molecule has 3 rings (SSSR count). The number of carbonyl (C=O) groups excluding carboxylic acids is 1. The van der Waals surface area contributed by atoms with Crippen LogP contribution in [0.1, 0.15) is 21.6 Å². The lowest BCUT2D eigenvalue weighted by Crippen LogP contribution is -2.05. The minimum absolute atomic E-state index is 0.00590. The molecule has 0 amide bonds. The van der Waals surface area contributed by atoms with Crippen LogP contribution in [0.3, 0.4) is 0 Å². The maximum absolute atomic E-state index is 12.0. The van der Waals surface area contributed by atoms with E-state index in [1.165, 1.54) is 6.07 Å². The summed E-state index contributed by atoms with van der Waals surface area (Å²) in [5.74, 6) is 0.106. The lowest BCUT2D eigenvalue weighted by Gasteiger charge is -2.02. The molecule has 3 aromatic rings. The van der Waals surface area contributed by atoms with Crippen LogP contribution in [0, 0.1) is 11.3 Å². The van der Waals surface area contributed by atoms with E-state index in [0.717, 1.165) is 5.56 Å². The van der Waals surface area contributed by atoms with E-state index in [0.29, 0.717) is 22.6 Å². The third-order valence-electron chi connectivity index (χ3n) is 3.20. The van der Waals surface area contributed by atoms with Gasteiger partial charge in [-0.15, -0.1) is 0 Å². The van der Waals surface area contributed by atoms with Crippen LogP contribution in [0.4, 0.5) is 0 Å². The van der Waals surface area contributed by atoms with Gasteiger partial charge >= 0.3 is 5.97 Å². The summed E-state index contributed by atoms with van der Waals surface area (Å²) in [5.41, 5.74) is 2.16. The summed E-state index contributed by atoms with van der Waals surface area (Å²) in [6.45, 7) is 0.00590. The van der Waals surface area contributed by atoms with Crippen LogP contribution in [0.25, 0.3) is 11.3 Å². The van der Waals surface area contributed by atoms with Gasteiger partial charge in [0.1, 0.15) is 12.3 Å². The zero-order chi connectivity index (χ0) is 16.1. The molecule has 0 atom stereocenters. The molecule has 0 saturated heterocycles. The summed E-state index contributed by atoms with van der Waals surface area (Å²) in [6, 6.07) is 19.6. The highest BCUT2D eigenvalue weighted by Gasteiger charge is 2.11. The molecule has 0 bridgehead atoms. The Morgan fingerprint density at radius 2 is 1.96 bits per heavy atom. The first-order chi connectivity index (χ1) is 11.3. The van der Waals surface area contributed by atoms with Crippen LogP contribution in [0.15, 0.2) is 65.2 Å². The van der Waals surface area contributed by atoms with E-state index in [1.54, 1.807) is 24.3 Å². The Kier molecular flexibility index (Phi) is 4.16. The average Bonchev–Trinajstić information content (AvgIpc) is 3.09. The van der Waals surface area contributed by atoms with Gasteiger partial charge in [0.25, 0.3) is 0 Å². The van der Waals surface area contributed by atoms with Crippen LogP contribution in [-0.4, -0.2) is 11.1 Å². The topological polar surface area (TPSA) is 76.1 Å². The molecule has 0 saturated carbocycles. The lowest BCUT2D eigenvalue weighted by molar-refractivity contribution is 0.0464. The molecule has 0 aliphatic carbocycles. The number of hydrogen-bond donors (Lipinski definition) is 0. The number of ether oxygens (including phenoxy) is 1. The van der Waals surface area contributed by atoms with Crippen molar-refractivity contribution in [1.29, 1.82) is 5.26 Å². The fourth-order valence-electron chi connectivity index (χ4n) is 2.06. The second kappa shape index (κ2) is 6.58. The standard InChI is InChI=1S/C18H12N2O3/c19-11-13-5-4-8-15(9-13)18(21)22-12-16-10-17(23-20-16)14-6-2-1-3-7-14/h1-10H,12H2. The molecule has 23 heavy (non-hydrogen) atoms. The van der Waals surface area contributed by atoms with Gasteiger partial charge in [-0.1, -0.05) is 41.6 Å². The monoisotopic (exact) mass is 304 g/mol. The second-order valence-corrected chi connectivity index (χ2v) is 4.82. The molecule has 5 nitrogen and oxygen atoms in total. The van der Waals surface area contributed by atoms with Crippen molar-refractivity contribution in [3.8, 4) is 17.4 Å². The van der Waals surface area contributed by atoms with Crippen molar-refractivity contribution in [3.63, 3.8) is 0 Å². The van der Waals surface area contributed by atoms with Crippen molar-refractivity contribution in [3.05, 3.63) is 77.5 Å².